The van der Waals surface area contributed by atoms with Gasteiger partial charge in [-0.25, -0.2) is 9.97 Å². The van der Waals surface area contributed by atoms with Gasteiger partial charge in [0.15, 0.2) is 0 Å². The molecule has 4 aromatic rings. The number of carbonyl (C=O) groups excluding carboxylic acids is 1. The number of fused-ring (bicyclic) bond motifs is 1. The number of nitrogen functional groups attached to an aromatic ring is 1. The van der Waals surface area contributed by atoms with Gasteiger partial charge in [0.25, 0.3) is 5.91 Å². The Morgan fingerprint density at radius 3 is 2.58 bits per heavy atom. The van der Waals surface area contributed by atoms with Crippen LogP contribution in [0.25, 0.3) is 22.2 Å². The number of hydrogen-bond donors (Lipinski definition) is 2. The molecule has 33 heavy (non-hydrogen) atoms. The van der Waals surface area contributed by atoms with Crippen LogP contribution in [0.1, 0.15) is 16.2 Å². The zero-order chi connectivity index (χ0) is 22.8. The van der Waals surface area contributed by atoms with Gasteiger partial charge in [0.2, 0.25) is 0 Å². The lowest BCUT2D eigenvalue weighted by Crippen LogP contribution is -2.48. The van der Waals surface area contributed by atoms with Gasteiger partial charge in [-0.1, -0.05) is 12.1 Å². The monoisotopic (exact) mass is 443 g/mol. The highest BCUT2D eigenvalue weighted by atomic mass is 16.5. The molecule has 0 bridgehead atoms. The Labute approximate surface area is 191 Å². The molecule has 0 unspecified atom stereocenters. The van der Waals surface area contributed by atoms with E-state index in [-0.39, 0.29) is 5.91 Å². The summed E-state index contributed by atoms with van der Waals surface area (Å²) in [5.41, 5.74) is 9.14. The van der Waals surface area contributed by atoms with Crippen LogP contribution in [0, 0.1) is 0 Å². The summed E-state index contributed by atoms with van der Waals surface area (Å²) in [7, 11) is 1.63. The van der Waals surface area contributed by atoms with Gasteiger partial charge in [0.1, 0.15) is 17.4 Å². The average molecular weight is 444 g/mol. The summed E-state index contributed by atoms with van der Waals surface area (Å²) in [5, 5.41) is 7.95. The molecule has 0 aliphatic carbocycles. The van der Waals surface area contributed by atoms with Crippen LogP contribution in [0.5, 0.6) is 5.75 Å². The number of ether oxygens (including phenoxy) is 1. The van der Waals surface area contributed by atoms with E-state index in [0.717, 1.165) is 35.3 Å². The highest BCUT2D eigenvalue weighted by molar-refractivity contribution is 5.99. The molecule has 1 aliphatic rings. The second-order valence-corrected chi connectivity index (χ2v) is 8.00. The van der Waals surface area contributed by atoms with Crippen molar-refractivity contribution in [1.82, 2.24) is 30.0 Å². The van der Waals surface area contributed by atoms with Crippen LogP contribution in [0.3, 0.4) is 0 Å². The SMILES string of the molecule is COc1ccc(-c2[nH]ncc2C(=O)N2CCN(Cc3nc(N)c4ccccc4n3)CC2)cc1. The third-order valence-electron chi connectivity index (χ3n) is 5.95. The lowest BCUT2D eigenvalue weighted by molar-refractivity contribution is 0.0626. The number of aromatic amines is 1. The molecule has 0 saturated carbocycles. The minimum absolute atomic E-state index is 0.0274. The Hall–Kier alpha value is -3.98. The Balaban J connectivity index is 1.24. The van der Waals surface area contributed by atoms with Crippen LogP contribution < -0.4 is 10.5 Å². The van der Waals surface area contributed by atoms with Crippen LogP contribution in [0.2, 0.25) is 0 Å². The predicted octanol–water partition coefficient (Wildman–Crippen LogP) is 2.57. The number of carbonyl (C=O) groups is 1. The number of aromatic nitrogens is 4. The molecule has 1 fully saturated rings. The Morgan fingerprint density at radius 2 is 1.82 bits per heavy atom. The summed E-state index contributed by atoms with van der Waals surface area (Å²) in [4.78, 5) is 26.4. The van der Waals surface area contributed by atoms with E-state index in [2.05, 4.69) is 25.1 Å². The molecular weight excluding hydrogens is 418 g/mol. The Morgan fingerprint density at radius 1 is 1.06 bits per heavy atom. The van der Waals surface area contributed by atoms with Gasteiger partial charge in [0, 0.05) is 37.1 Å². The van der Waals surface area contributed by atoms with Gasteiger partial charge in [-0.15, -0.1) is 0 Å². The summed E-state index contributed by atoms with van der Waals surface area (Å²) >= 11 is 0. The molecule has 3 heterocycles. The van der Waals surface area contributed by atoms with Crippen LogP contribution in [-0.4, -0.2) is 69.2 Å². The third kappa shape index (κ3) is 4.22. The minimum atomic E-state index is -0.0274. The van der Waals surface area contributed by atoms with E-state index in [1.54, 1.807) is 13.3 Å². The zero-order valence-corrected chi connectivity index (χ0v) is 18.4. The van der Waals surface area contributed by atoms with E-state index in [4.69, 9.17) is 10.5 Å². The summed E-state index contributed by atoms with van der Waals surface area (Å²) in [6, 6.07) is 15.3. The number of nitrogens with one attached hydrogen (secondary N) is 1. The predicted molar refractivity (Wildman–Crippen MR) is 126 cm³/mol. The number of nitrogens with zero attached hydrogens (tertiary/aromatic N) is 5. The van der Waals surface area contributed by atoms with Crippen molar-refractivity contribution in [3.05, 3.63) is 66.1 Å². The second kappa shape index (κ2) is 8.87. The standard InChI is InChI=1S/C24H25N7O2/c1-33-17-8-6-16(7-9-17)22-19(14-26-29-22)24(32)31-12-10-30(11-13-31)15-21-27-20-5-3-2-4-18(20)23(25)28-21/h2-9,14H,10-13,15H2,1H3,(H,26,29)(H2,25,27,28). The number of hydrogen-bond acceptors (Lipinski definition) is 7. The molecule has 168 valence electrons. The number of nitrogens with two attached hydrogens (primary N) is 1. The van der Waals surface area contributed by atoms with Crippen LogP contribution in [0.15, 0.2) is 54.7 Å². The lowest BCUT2D eigenvalue weighted by atomic mass is 10.1. The summed E-state index contributed by atoms with van der Waals surface area (Å²) in [6.07, 6.45) is 1.60. The quantitative estimate of drug-likeness (QED) is 0.487. The van der Waals surface area contributed by atoms with E-state index >= 15 is 0 Å². The maximum atomic E-state index is 13.2. The molecule has 9 nitrogen and oxygen atoms in total. The first-order chi connectivity index (χ1) is 16.1. The fourth-order valence-corrected chi connectivity index (χ4v) is 4.13. The largest absolute Gasteiger partial charge is 0.497 e. The number of para-hydroxylation sites is 1. The highest BCUT2D eigenvalue weighted by Gasteiger charge is 2.26. The molecule has 0 atom stereocenters. The van der Waals surface area contributed by atoms with Crippen LogP contribution in [-0.2, 0) is 6.54 Å². The summed E-state index contributed by atoms with van der Waals surface area (Å²) in [6.45, 7) is 3.30. The first-order valence-corrected chi connectivity index (χ1v) is 10.8. The fraction of sp³-hybridized carbons (Fsp3) is 0.250. The van der Waals surface area contributed by atoms with Gasteiger partial charge in [-0.2, -0.15) is 5.10 Å². The smallest absolute Gasteiger partial charge is 0.257 e. The molecule has 1 saturated heterocycles. The van der Waals surface area contributed by atoms with Gasteiger partial charge in [-0.3, -0.25) is 14.8 Å². The fourth-order valence-electron chi connectivity index (χ4n) is 4.13. The topological polar surface area (TPSA) is 113 Å². The summed E-state index contributed by atoms with van der Waals surface area (Å²) in [5.74, 6) is 1.93. The molecule has 9 heteroatoms. The van der Waals surface area contributed by atoms with Crippen molar-refractivity contribution in [2.45, 2.75) is 6.54 Å². The van der Waals surface area contributed by atoms with Crippen LogP contribution >= 0.6 is 0 Å². The maximum Gasteiger partial charge on any atom is 0.257 e. The lowest BCUT2D eigenvalue weighted by Gasteiger charge is -2.34. The van der Waals surface area contributed by atoms with Crippen molar-refractivity contribution in [2.24, 2.45) is 0 Å². The van der Waals surface area contributed by atoms with Crippen molar-refractivity contribution in [3.8, 4) is 17.0 Å². The Bertz CT molecular complexity index is 1280. The van der Waals surface area contributed by atoms with Crippen molar-refractivity contribution in [2.75, 3.05) is 39.0 Å². The van der Waals surface area contributed by atoms with Gasteiger partial charge in [-0.05, 0) is 36.4 Å². The third-order valence-corrected chi connectivity index (χ3v) is 5.95. The van der Waals surface area contributed by atoms with Gasteiger partial charge < -0.3 is 15.4 Å². The van der Waals surface area contributed by atoms with Gasteiger partial charge >= 0.3 is 0 Å². The van der Waals surface area contributed by atoms with Crippen LogP contribution in [0.4, 0.5) is 5.82 Å². The molecule has 1 aliphatic heterocycles. The van der Waals surface area contributed by atoms with E-state index in [1.807, 2.05) is 53.4 Å². The number of benzene rings is 2. The zero-order valence-electron chi connectivity index (χ0n) is 18.4. The first kappa shape index (κ1) is 20.9. The maximum absolute atomic E-state index is 13.2. The van der Waals surface area contributed by atoms with Crippen molar-refractivity contribution in [3.63, 3.8) is 0 Å². The number of piperazine rings is 1. The van der Waals surface area contributed by atoms with E-state index in [9.17, 15) is 4.79 Å². The Kier molecular flexibility index (Phi) is 5.62. The van der Waals surface area contributed by atoms with Crippen molar-refractivity contribution < 1.29 is 9.53 Å². The molecule has 1 amide bonds. The number of H-pyrrole nitrogens is 1. The second-order valence-electron chi connectivity index (χ2n) is 8.00. The average Bonchev–Trinajstić information content (AvgIpc) is 3.34. The number of methoxy groups -OCH3 is 1. The molecule has 2 aromatic carbocycles. The molecule has 0 spiro atoms. The molecular formula is C24H25N7O2. The number of rotatable bonds is 5. The van der Waals surface area contributed by atoms with Crippen molar-refractivity contribution >= 4 is 22.6 Å². The van der Waals surface area contributed by atoms with E-state index in [0.29, 0.717) is 42.5 Å². The minimum Gasteiger partial charge on any atom is -0.497 e. The number of anilines is 1. The highest BCUT2D eigenvalue weighted by Crippen LogP contribution is 2.25. The van der Waals surface area contributed by atoms with E-state index < -0.39 is 0 Å². The first-order valence-electron chi connectivity index (χ1n) is 10.8. The molecule has 0 radical (unpaired) electrons. The summed E-state index contributed by atoms with van der Waals surface area (Å²) < 4.78 is 5.22. The van der Waals surface area contributed by atoms with Gasteiger partial charge in [0.05, 0.1) is 36.6 Å². The molecule has 3 N–H and O–H groups in total. The number of amides is 1. The van der Waals surface area contributed by atoms with E-state index in [1.165, 1.54) is 0 Å². The van der Waals surface area contributed by atoms with Crippen molar-refractivity contribution in [1.29, 1.82) is 0 Å². The normalized spacial score (nSPS) is 14.5. The molecule has 2 aromatic heterocycles. The molecule has 5 rings (SSSR count).